The van der Waals surface area contributed by atoms with E-state index in [2.05, 4.69) is 0 Å². The Morgan fingerprint density at radius 1 is 0.811 bits per heavy atom. The molecule has 2 aliphatic rings. The first-order valence-electron chi connectivity index (χ1n) is 16.0. The summed E-state index contributed by atoms with van der Waals surface area (Å²) in [6.45, 7) is -1.26. The number of ether oxygens (including phenoxy) is 5. The summed E-state index contributed by atoms with van der Waals surface area (Å²) in [5, 5.41) is 91.1. The lowest BCUT2D eigenvalue weighted by molar-refractivity contribution is -0.277. The smallest absolute Gasteiger partial charge is 0.330 e. The highest BCUT2D eigenvalue weighted by atomic mass is 16.7. The maximum atomic E-state index is 14.0. The lowest BCUT2D eigenvalue weighted by Gasteiger charge is -2.39. The van der Waals surface area contributed by atoms with Gasteiger partial charge in [-0.25, -0.2) is 4.79 Å². The highest BCUT2D eigenvalue weighted by molar-refractivity contribution is 5.88. The van der Waals surface area contributed by atoms with Gasteiger partial charge in [0.25, 0.3) is 0 Å². The Hall–Kier alpha value is -5.66. The summed E-state index contributed by atoms with van der Waals surface area (Å²) in [4.78, 5) is 26.3. The number of hydrogen-bond acceptors (Lipinski definition) is 17. The number of aliphatic hydroxyl groups excluding tert-OH is 6. The zero-order valence-corrected chi connectivity index (χ0v) is 27.3. The van der Waals surface area contributed by atoms with E-state index in [9.17, 15) is 55.5 Å². The summed E-state index contributed by atoms with van der Waals surface area (Å²) < 4.78 is 33.7. The Morgan fingerprint density at radius 2 is 1.49 bits per heavy atom. The molecule has 5 unspecified atom stereocenters. The molecule has 0 amide bonds. The molecule has 17 nitrogen and oxygen atoms in total. The molecule has 0 aliphatic carbocycles. The van der Waals surface area contributed by atoms with Gasteiger partial charge in [0.15, 0.2) is 11.9 Å². The molecule has 0 radical (unpaired) electrons. The number of fused-ring (bicyclic) bond motifs is 1. The van der Waals surface area contributed by atoms with Gasteiger partial charge in [-0.1, -0.05) is 12.1 Å². The summed E-state index contributed by atoms with van der Waals surface area (Å²) in [6, 6.07) is 13.4. The number of aromatic hydroxyl groups is 3. The van der Waals surface area contributed by atoms with Crippen LogP contribution in [0.1, 0.15) is 5.56 Å². The Bertz CT molecular complexity index is 2050. The van der Waals surface area contributed by atoms with Crippen LogP contribution in [-0.4, -0.2) is 114 Å². The van der Waals surface area contributed by atoms with Crippen molar-refractivity contribution in [3.8, 4) is 40.1 Å². The molecule has 17 heteroatoms. The lowest BCUT2D eigenvalue weighted by Crippen LogP contribution is -2.60. The molecule has 8 atom stereocenters. The molecule has 1 aromatic heterocycles. The molecular formula is C36H34O17. The summed E-state index contributed by atoms with van der Waals surface area (Å²) in [5.41, 5.74) is -0.484. The number of carbonyl (C=O) groups is 1. The second kappa shape index (κ2) is 15.5. The predicted octanol–water partition coefficient (Wildman–Crippen LogP) is 0.919. The number of benzene rings is 3. The Morgan fingerprint density at radius 3 is 2.17 bits per heavy atom. The van der Waals surface area contributed by atoms with Crippen molar-refractivity contribution in [2.75, 3.05) is 13.2 Å². The van der Waals surface area contributed by atoms with E-state index in [4.69, 9.17) is 28.1 Å². The normalized spacial score (nSPS) is 25.9. The molecule has 9 N–H and O–H groups in total. The minimum atomic E-state index is -1.79. The Balaban J connectivity index is 1.28. The standard InChI is InChI=1S/C36H34O17/c37-14-25-29(44)31(46)32(47)36(51-25)49-20-11-22(41)28-24(12-20)50-33(17-4-8-19(39)9-5-17)34(30(28)45)53-35-23(42)13-21(40)26(52-35)15-48-27(43)10-3-16-1-6-18(38)7-2-16/h1-13,23,25-26,29,31-32,35-42,44,46-47H,14-15H2/b10-3+/t23?,25?,26?,29-,31?,32?,35+,36-/m1/s1. The van der Waals surface area contributed by atoms with Crippen LogP contribution in [0.25, 0.3) is 28.4 Å². The maximum Gasteiger partial charge on any atom is 0.330 e. The average Bonchev–Trinajstić information content (AvgIpc) is 3.13. The lowest BCUT2D eigenvalue weighted by atomic mass is 9.99. The van der Waals surface area contributed by atoms with E-state index >= 15 is 0 Å². The first-order chi connectivity index (χ1) is 25.3. The summed E-state index contributed by atoms with van der Waals surface area (Å²) in [5.74, 6) is -3.18. The average molecular weight is 739 g/mol. The van der Waals surface area contributed by atoms with Crippen molar-refractivity contribution in [3.05, 3.63) is 94.4 Å². The molecular weight excluding hydrogens is 704 g/mol. The number of hydrogen-bond donors (Lipinski definition) is 9. The van der Waals surface area contributed by atoms with E-state index in [0.717, 1.165) is 24.3 Å². The fraction of sp³-hybridized carbons (Fsp3) is 0.278. The van der Waals surface area contributed by atoms with Gasteiger partial charge in [-0.2, -0.15) is 0 Å². The van der Waals surface area contributed by atoms with E-state index in [1.807, 2.05) is 0 Å². The van der Waals surface area contributed by atoms with Gasteiger partial charge in [-0.05, 0) is 54.1 Å². The molecule has 0 spiro atoms. The monoisotopic (exact) mass is 738 g/mol. The summed E-state index contributed by atoms with van der Waals surface area (Å²) >= 11 is 0. The molecule has 2 aliphatic heterocycles. The SMILES string of the molecule is O=C(/C=C/c1ccc(O)cc1)OCC1O[C@@H](Oc2c(-c3ccc(O)cc3)oc3cc(O[C@@H]4OC(CO)[C@@H](O)C(O)C4O)cc(O)c3c2=O)C(O)C=C1O. The van der Waals surface area contributed by atoms with E-state index in [1.54, 1.807) is 12.1 Å². The largest absolute Gasteiger partial charge is 0.510 e. The van der Waals surface area contributed by atoms with Crippen LogP contribution in [0.3, 0.4) is 0 Å². The molecule has 3 heterocycles. The van der Waals surface area contributed by atoms with Crippen LogP contribution in [-0.2, 0) is 19.0 Å². The number of esters is 1. The van der Waals surface area contributed by atoms with Crippen molar-refractivity contribution in [3.63, 3.8) is 0 Å². The van der Waals surface area contributed by atoms with Gasteiger partial charge in [-0.3, -0.25) is 4.79 Å². The maximum absolute atomic E-state index is 14.0. The number of phenolic OH excluding ortho intramolecular Hbond substituents is 3. The molecule has 0 bridgehead atoms. The third kappa shape index (κ3) is 8.06. The van der Waals surface area contributed by atoms with Crippen LogP contribution >= 0.6 is 0 Å². The van der Waals surface area contributed by atoms with E-state index in [-0.39, 0.29) is 34.2 Å². The van der Waals surface area contributed by atoms with Crippen LogP contribution in [0, 0.1) is 0 Å². The van der Waals surface area contributed by atoms with Gasteiger partial charge in [0.2, 0.25) is 23.8 Å². The van der Waals surface area contributed by atoms with Crippen LogP contribution in [0.15, 0.2) is 87.8 Å². The highest BCUT2D eigenvalue weighted by Gasteiger charge is 2.45. The molecule has 1 fully saturated rings. The van der Waals surface area contributed by atoms with Crippen molar-refractivity contribution in [1.29, 1.82) is 0 Å². The zero-order chi connectivity index (χ0) is 38.0. The van der Waals surface area contributed by atoms with Crippen molar-refractivity contribution >= 4 is 23.0 Å². The van der Waals surface area contributed by atoms with E-state index < -0.39 is 96.5 Å². The Labute approximate surface area is 298 Å². The number of carbonyl (C=O) groups excluding carboxylic acids is 1. The van der Waals surface area contributed by atoms with Gasteiger partial charge in [0.1, 0.15) is 76.9 Å². The van der Waals surface area contributed by atoms with Crippen molar-refractivity contribution in [1.82, 2.24) is 0 Å². The van der Waals surface area contributed by atoms with Crippen LogP contribution in [0.2, 0.25) is 0 Å². The van der Waals surface area contributed by atoms with Gasteiger partial charge < -0.3 is 74.1 Å². The molecule has 0 saturated carbocycles. The summed E-state index contributed by atoms with van der Waals surface area (Å²) in [7, 11) is 0. The van der Waals surface area contributed by atoms with Gasteiger partial charge in [0, 0.05) is 23.8 Å². The van der Waals surface area contributed by atoms with Crippen molar-refractivity contribution < 1.29 is 78.9 Å². The molecule has 4 aromatic rings. The van der Waals surface area contributed by atoms with E-state index in [0.29, 0.717) is 5.56 Å². The minimum absolute atomic E-state index is 0.0442. The van der Waals surface area contributed by atoms with Crippen LogP contribution < -0.4 is 14.9 Å². The first kappa shape index (κ1) is 37.1. The first-order valence-corrected chi connectivity index (χ1v) is 16.0. The van der Waals surface area contributed by atoms with E-state index in [1.165, 1.54) is 42.5 Å². The van der Waals surface area contributed by atoms with Crippen molar-refractivity contribution in [2.24, 2.45) is 0 Å². The predicted molar refractivity (Wildman–Crippen MR) is 180 cm³/mol. The second-order valence-electron chi connectivity index (χ2n) is 12.0. The molecule has 3 aromatic carbocycles. The quantitative estimate of drug-likeness (QED) is 0.0808. The van der Waals surface area contributed by atoms with Gasteiger partial charge in [0.05, 0.1) is 6.61 Å². The third-order valence-electron chi connectivity index (χ3n) is 8.30. The van der Waals surface area contributed by atoms with Gasteiger partial charge in [-0.15, -0.1) is 0 Å². The molecule has 53 heavy (non-hydrogen) atoms. The second-order valence-corrected chi connectivity index (χ2v) is 12.0. The topological polar surface area (TPSA) is 275 Å². The third-order valence-corrected chi connectivity index (χ3v) is 8.30. The number of phenols is 3. The fourth-order valence-corrected chi connectivity index (χ4v) is 5.50. The molecule has 6 rings (SSSR count). The number of rotatable bonds is 10. The van der Waals surface area contributed by atoms with Crippen LogP contribution in [0.4, 0.5) is 0 Å². The van der Waals surface area contributed by atoms with Crippen LogP contribution in [0.5, 0.6) is 28.7 Å². The number of aliphatic hydroxyl groups is 6. The van der Waals surface area contributed by atoms with Gasteiger partial charge >= 0.3 is 5.97 Å². The van der Waals surface area contributed by atoms with Crippen molar-refractivity contribution in [2.45, 2.75) is 49.2 Å². The minimum Gasteiger partial charge on any atom is -0.510 e. The summed E-state index contributed by atoms with van der Waals surface area (Å²) in [6.07, 6.45) is -9.34. The highest BCUT2D eigenvalue weighted by Crippen LogP contribution is 2.38. The Kier molecular flexibility index (Phi) is 10.9. The zero-order valence-electron chi connectivity index (χ0n) is 27.3. The molecule has 1 saturated heterocycles. The molecule has 280 valence electrons. The fourth-order valence-electron chi connectivity index (χ4n) is 5.50.